The van der Waals surface area contributed by atoms with E-state index in [9.17, 15) is 9.18 Å². The Morgan fingerprint density at radius 2 is 2.00 bits per heavy atom. The maximum Gasteiger partial charge on any atom is 0.270 e. The van der Waals surface area contributed by atoms with Gasteiger partial charge in [-0.15, -0.1) is 0 Å². The first-order valence-electron chi connectivity index (χ1n) is 8.71. The standard InChI is InChI=1S/C21H13ClFN3O2S2/c1-12-5-7-14(8-6-12)26-19(27)17(30-21(26)29)10-13-3-2-4-15(9-13)28-18-16(23)11-24-20(22)25-18/h2-11H,1H3/b17-10-. The fourth-order valence-corrected chi connectivity index (χ4v) is 4.14. The number of anilines is 1. The van der Waals surface area contributed by atoms with Crippen molar-refractivity contribution in [2.75, 3.05) is 4.90 Å². The number of thiocarbonyl (C=S) groups is 1. The molecule has 2 heterocycles. The summed E-state index contributed by atoms with van der Waals surface area (Å²) >= 11 is 12.3. The number of hydrogen-bond acceptors (Lipinski definition) is 6. The van der Waals surface area contributed by atoms with Crippen LogP contribution in [0.3, 0.4) is 0 Å². The van der Waals surface area contributed by atoms with E-state index in [0.29, 0.717) is 20.5 Å². The minimum atomic E-state index is -0.733. The van der Waals surface area contributed by atoms with Gasteiger partial charge < -0.3 is 4.74 Å². The van der Waals surface area contributed by atoms with Crippen LogP contribution in [0.15, 0.2) is 59.6 Å². The molecule has 1 fully saturated rings. The molecule has 0 N–H and O–H groups in total. The molecule has 0 unspecified atom stereocenters. The summed E-state index contributed by atoms with van der Waals surface area (Å²) in [4.78, 5) is 22.2. The first-order valence-corrected chi connectivity index (χ1v) is 10.3. The average Bonchev–Trinajstić information content (AvgIpc) is 2.99. The van der Waals surface area contributed by atoms with E-state index in [-0.39, 0.29) is 17.1 Å². The summed E-state index contributed by atoms with van der Waals surface area (Å²) in [7, 11) is 0. The van der Waals surface area contributed by atoms with E-state index < -0.39 is 5.82 Å². The van der Waals surface area contributed by atoms with Crippen LogP contribution in [-0.4, -0.2) is 20.2 Å². The minimum Gasteiger partial charge on any atom is -0.436 e. The van der Waals surface area contributed by atoms with Crippen LogP contribution in [0.1, 0.15) is 11.1 Å². The highest BCUT2D eigenvalue weighted by molar-refractivity contribution is 8.27. The lowest BCUT2D eigenvalue weighted by Gasteiger charge is -2.14. The lowest BCUT2D eigenvalue weighted by atomic mass is 10.2. The van der Waals surface area contributed by atoms with Crippen molar-refractivity contribution in [1.82, 2.24) is 9.97 Å². The van der Waals surface area contributed by atoms with Crippen molar-refractivity contribution in [3.63, 3.8) is 0 Å². The van der Waals surface area contributed by atoms with Crippen molar-refractivity contribution in [1.29, 1.82) is 0 Å². The van der Waals surface area contributed by atoms with E-state index in [1.165, 1.54) is 16.7 Å². The molecule has 3 aromatic rings. The van der Waals surface area contributed by atoms with E-state index >= 15 is 0 Å². The summed E-state index contributed by atoms with van der Waals surface area (Å²) in [5.74, 6) is -0.873. The van der Waals surface area contributed by atoms with Gasteiger partial charge in [-0.25, -0.2) is 4.98 Å². The van der Waals surface area contributed by atoms with Gasteiger partial charge >= 0.3 is 0 Å². The van der Waals surface area contributed by atoms with Crippen LogP contribution in [0.25, 0.3) is 6.08 Å². The smallest absolute Gasteiger partial charge is 0.270 e. The number of aryl methyl sites for hydroxylation is 1. The fourth-order valence-electron chi connectivity index (χ4n) is 2.72. The van der Waals surface area contributed by atoms with Gasteiger partial charge in [0.15, 0.2) is 4.32 Å². The van der Waals surface area contributed by atoms with Gasteiger partial charge in [0.05, 0.1) is 16.8 Å². The Labute approximate surface area is 186 Å². The number of ether oxygens (including phenoxy) is 1. The molecule has 1 aliphatic rings. The zero-order valence-electron chi connectivity index (χ0n) is 15.5. The van der Waals surface area contributed by atoms with Crippen LogP contribution in [-0.2, 0) is 4.79 Å². The number of halogens is 2. The molecule has 1 saturated heterocycles. The summed E-state index contributed by atoms with van der Waals surface area (Å²) in [6.07, 6.45) is 2.65. The molecule has 0 radical (unpaired) electrons. The molecule has 2 aromatic carbocycles. The van der Waals surface area contributed by atoms with Crippen molar-refractivity contribution in [2.45, 2.75) is 6.92 Å². The van der Waals surface area contributed by atoms with Crippen LogP contribution in [0.2, 0.25) is 5.28 Å². The summed E-state index contributed by atoms with van der Waals surface area (Å²) in [5.41, 5.74) is 2.51. The van der Waals surface area contributed by atoms with Crippen molar-refractivity contribution >= 4 is 57.6 Å². The maximum absolute atomic E-state index is 13.8. The Kier molecular flexibility index (Phi) is 5.80. The van der Waals surface area contributed by atoms with Crippen LogP contribution in [0.4, 0.5) is 10.1 Å². The molecule has 0 saturated carbocycles. The summed E-state index contributed by atoms with van der Waals surface area (Å²) in [6, 6.07) is 14.4. The third kappa shape index (κ3) is 4.35. The van der Waals surface area contributed by atoms with Gasteiger partial charge in [0.1, 0.15) is 5.75 Å². The number of nitrogens with zero attached hydrogens (tertiary/aromatic N) is 3. The van der Waals surface area contributed by atoms with Gasteiger partial charge in [0.2, 0.25) is 11.1 Å². The lowest BCUT2D eigenvalue weighted by molar-refractivity contribution is -0.113. The second kappa shape index (κ2) is 8.51. The molecule has 1 aromatic heterocycles. The molecular weight excluding hydrogens is 445 g/mol. The number of carbonyl (C=O) groups excluding carboxylic acids is 1. The lowest BCUT2D eigenvalue weighted by Crippen LogP contribution is -2.27. The third-order valence-electron chi connectivity index (χ3n) is 4.14. The Morgan fingerprint density at radius 1 is 1.23 bits per heavy atom. The molecule has 5 nitrogen and oxygen atoms in total. The predicted octanol–water partition coefficient (Wildman–Crippen LogP) is 5.78. The van der Waals surface area contributed by atoms with E-state index in [1.54, 1.807) is 30.3 Å². The zero-order chi connectivity index (χ0) is 21.3. The molecule has 150 valence electrons. The number of thioether (sulfide) groups is 1. The molecule has 0 atom stereocenters. The summed E-state index contributed by atoms with van der Waals surface area (Å²) < 4.78 is 19.8. The quantitative estimate of drug-likeness (QED) is 0.281. The second-order valence-electron chi connectivity index (χ2n) is 6.32. The first kappa shape index (κ1) is 20.5. The molecule has 0 spiro atoms. The molecule has 9 heteroatoms. The molecule has 4 rings (SSSR count). The molecule has 1 amide bonds. The Bertz CT molecular complexity index is 1190. The van der Waals surface area contributed by atoms with Crippen molar-refractivity contribution < 1.29 is 13.9 Å². The van der Waals surface area contributed by atoms with E-state index in [0.717, 1.165) is 17.4 Å². The highest BCUT2D eigenvalue weighted by Crippen LogP contribution is 2.36. The zero-order valence-corrected chi connectivity index (χ0v) is 17.9. The molecule has 0 bridgehead atoms. The summed E-state index contributed by atoms with van der Waals surface area (Å²) in [5, 5.41) is -0.123. The molecule has 1 aliphatic heterocycles. The number of carbonyl (C=O) groups is 1. The van der Waals surface area contributed by atoms with Gasteiger partial charge in [-0.3, -0.25) is 9.69 Å². The van der Waals surface area contributed by atoms with Gasteiger partial charge in [0, 0.05) is 0 Å². The first-order chi connectivity index (χ1) is 14.4. The van der Waals surface area contributed by atoms with E-state index in [2.05, 4.69) is 9.97 Å². The monoisotopic (exact) mass is 457 g/mol. The highest BCUT2D eigenvalue weighted by atomic mass is 35.5. The van der Waals surface area contributed by atoms with Crippen molar-refractivity contribution in [2.24, 2.45) is 0 Å². The number of rotatable bonds is 4. The maximum atomic E-state index is 13.8. The number of hydrogen-bond donors (Lipinski definition) is 0. The van der Waals surface area contributed by atoms with Gasteiger partial charge in [0.25, 0.3) is 11.8 Å². The van der Waals surface area contributed by atoms with Crippen molar-refractivity contribution in [3.05, 3.63) is 81.9 Å². The van der Waals surface area contributed by atoms with Gasteiger partial charge in [-0.1, -0.05) is 53.8 Å². The fraction of sp³-hybridized carbons (Fsp3) is 0.0476. The van der Waals surface area contributed by atoms with E-state index in [4.69, 9.17) is 28.6 Å². The number of aromatic nitrogens is 2. The summed E-state index contributed by atoms with van der Waals surface area (Å²) in [6.45, 7) is 1.98. The normalized spacial score (nSPS) is 15.2. The predicted molar refractivity (Wildman–Crippen MR) is 120 cm³/mol. The number of amides is 1. The van der Waals surface area contributed by atoms with Crippen molar-refractivity contribution in [3.8, 4) is 11.6 Å². The average molecular weight is 458 g/mol. The molecule has 0 aliphatic carbocycles. The Hall–Kier alpha value is -2.81. The van der Waals surface area contributed by atoms with E-state index in [1.807, 2.05) is 31.2 Å². The van der Waals surface area contributed by atoms with Gasteiger partial charge in [-0.05, 0) is 54.4 Å². The molecular formula is C21H13ClFN3O2S2. The SMILES string of the molecule is Cc1ccc(N2C(=O)/C(=C/c3cccc(Oc4nc(Cl)ncc4F)c3)SC2=S)cc1. The topological polar surface area (TPSA) is 55.3 Å². The third-order valence-corrected chi connectivity index (χ3v) is 5.62. The highest BCUT2D eigenvalue weighted by Gasteiger charge is 2.33. The number of benzene rings is 2. The Balaban J connectivity index is 1.58. The van der Waals surface area contributed by atoms with Gasteiger partial charge in [-0.2, -0.15) is 9.37 Å². The van der Waals surface area contributed by atoms with Crippen LogP contribution < -0.4 is 9.64 Å². The Morgan fingerprint density at radius 3 is 2.77 bits per heavy atom. The minimum absolute atomic E-state index is 0.123. The largest absolute Gasteiger partial charge is 0.436 e. The van der Waals surface area contributed by atoms with Crippen LogP contribution in [0.5, 0.6) is 11.6 Å². The van der Waals surface area contributed by atoms with Crippen LogP contribution in [0, 0.1) is 12.7 Å². The molecule has 30 heavy (non-hydrogen) atoms. The van der Waals surface area contributed by atoms with Crippen LogP contribution >= 0.6 is 35.6 Å². The second-order valence-corrected chi connectivity index (χ2v) is 8.33.